The molecular weight excluding hydrogens is 428 g/mol. The van der Waals surface area contributed by atoms with Crippen LogP contribution in [0, 0.1) is 0 Å². The van der Waals surface area contributed by atoms with Crippen LogP contribution in [0.4, 0.5) is 0 Å². The molecule has 1 aliphatic rings. The number of hydrogen-bond acceptors (Lipinski definition) is 0. The highest BCUT2D eigenvalue weighted by Crippen LogP contribution is 2.54. The third-order valence-electron chi connectivity index (χ3n) is 7.18. The maximum Gasteiger partial charge on any atom is 0.0178 e. The molecule has 0 spiro atoms. The van der Waals surface area contributed by atoms with Crippen LogP contribution in [0.25, 0.3) is 43.4 Å². The zero-order valence-electron chi connectivity index (χ0n) is 18.2. The molecule has 0 radical (unpaired) electrons. The lowest BCUT2D eigenvalue weighted by atomic mass is 9.80. The maximum absolute atomic E-state index is 3.69. The summed E-state index contributed by atoms with van der Waals surface area (Å²) in [4.78, 5) is 0. The van der Waals surface area contributed by atoms with E-state index in [-0.39, 0.29) is 10.8 Å². The van der Waals surface area contributed by atoms with E-state index in [9.17, 15) is 0 Å². The average molecular weight is 453 g/mol. The van der Waals surface area contributed by atoms with Crippen LogP contribution < -0.4 is 0 Å². The number of halogens is 1. The Labute approximate surface area is 186 Å². The lowest BCUT2D eigenvalue weighted by molar-refractivity contribution is 0.591. The molecule has 30 heavy (non-hydrogen) atoms. The van der Waals surface area contributed by atoms with Crippen molar-refractivity contribution >= 4 is 48.2 Å². The smallest absolute Gasteiger partial charge is 0.0178 e. The van der Waals surface area contributed by atoms with Crippen LogP contribution in [0.3, 0.4) is 0 Å². The van der Waals surface area contributed by atoms with E-state index < -0.39 is 0 Å². The Morgan fingerprint density at radius 2 is 1.33 bits per heavy atom. The molecule has 0 N–H and O–H groups in total. The van der Waals surface area contributed by atoms with Gasteiger partial charge in [-0.15, -0.1) is 0 Å². The number of rotatable bonds is 0. The number of benzene rings is 5. The Kier molecular flexibility index (Phi) is 3.46. The van der Waals surface area contributed by atoms with E-state index in [0.29, 0.717) is 0 Å². The average Bonchev–Trinajstić information content (AvgIpc) is 2.91. The molecule has 0 saturated heterocycles. The highest BCUT2D eigenvalue weighted by atomic mass is 79.9. The highest BCUT2D eigenvalue weighted by Gasteiger charge is 2.37. The van der Waals surface area contributed by atoms with E-state index in [4.69, 9.17) is 0 Å². The van der Waals surface area contributed by atoms with Gasteiger partial charge in [0.1, 0.15) is 0 Å². The van der Waals surface area contributed by atoms with Gasteiger partial charge in [0.15, 0.2) is 0 Å². The minimum Gasteiger partial charge on any atom is -0.0561 e. The summed E-state index contributed by atoms with van der Waals surface area (Å²) in [7, 11) is 0. The molecule has 6 rings (SSSR count). The Bertz CT molecular complexity index is 1480. The predicted molar refractivity (Wildman–Crippen MR) is 134 cm³/mol. The first-order valence-electron chi connectivity index (χ1n) is 10.7. The summed E-state index contributed by atoms with van der Waals surface area (Å²) in [5.41, 5.74) is 7.19. The summed E-state index contributed by atoms with van der Waals surface area (Å²) in [5.74, 6) is 0. The molecule has 0 aliphatic heterocycles. The molecule has 0 saturated carbocycles. The van der Waals surface area contributed by atoms with Gasteiger partial charge in [0.05, 0.1) is 0 Å². The quantitative estimate of drug-likeness (QED) is 0.205. The van der Waals surface area contributed by atoms with Gasteiger partial charge in [-0.2, -0.15) is 0 Å². The van der Waals surface area contributed by atoms with Crippen molar-refractivity contribution in [3.8, 4) is 11.1 Å². The summed E-state index contributed by atoms with van der Waals surface area (Å²) >= 11 is 3.69. The second-order valence-corrected chi connectivity index (χ2v) is 11.4. The molecule has 0 nitrogen and oxygen atoms in total. The normalized spacial score (nSPS) is 15.3. The Hall–Kier alpha value is -2.38. The van der Waals surface area contributed by atoms with Crippen LogP contribution in [0.1, 0.15) is 51.3 Å². The van der Waals surface area contributed by atoms with Crippen LogP contribution in [0.15, 0.2) is 65.1 Å². The van der Waals surface area contributed by atoms with Gasteiger partial charge in [0.2, 0.25) is 0 Å². The molecule has 1 aliphatic carbocycles. The highest BCUT2D eigenvalue weighted by molar-refractivity contribution is 9.10. The van der Waals surface area contributed by atoms with Crippen molar-refractivity contribution in [1.82, 2.24) is 0 Å². The van der Waals surface area contributed by atoms with E-state index in [0.717, 1.165) is 4.47 Å². The SMILES string of the molecule is CC(C)(C)c1cc2ccc3cc4c(c5ccc(c1)c2c35)-c1ccc(Br)cc1C4(C)C. The first-order chi connectivity index (χ1) is 14.2. The summed E-state index contributed by atoms with van der Waals surface area (Å²) < 4.78 is 1.15. The zero-order valence-corrected chi connectivity index (χ0v) is 19.7. The van der Waals surface area contributed by atoms with Crippen molar-refractivity contribution in [2.24, 2.45) is 0 Å². The summed E-state index contributed by atoms with van der Waals surface area (Å²) in [6, 6.07) is 23.3. The number of hydrogen-bond donors (Lipinski definition) is 0. The second kappa shape index (κ2) is 5.65. The zero-order chi connectivity index (χ0) is 21.0. The fourth-order valence-electron chi connectivity index (χ4n) is 5.51. The van der Waals surface area contributed by atoms with Gasteiger partial charge in [0.25, 0.3) is 0 Å². The van der Waals surface area contributed by atoms with Gasteiger partial charge in [-0.25, -0.2) is 0 Å². The Morgan fingerprint density at radius 1 is 0.700 bits per heavy atom. The lowest BCUT2D eigenvalue weighted by Crippen LogP contribution is -2.15. The molecule has 0 atom stereocenters. The number of fused-ring (bicyclic) bond motifs is 4. The minimum absolute atomic E-state index is 0.00168. The van der Waals surface area contributed by atoms with Crippen LogP contribution in [-0.4, -0.2) is 0 Å². The molecule has 0 aromatic heterocycles. The van der Waals surface area contributed by atoms with E-state index in [1.54, 1.807) is 0 Å². The monoisotopic (exact) mass is 452 g/mol. The molecule has 5 aromatic rings. The van der Waals surface area contributed by atoms with Crippen molar-refractivity contribution in [2.75, 3.05) is 0 Å². The van der Waals surface area contributed by atoms with Crippen LogP contribution in [0.2, 0.25) is 0 Å². The van der Waals surface area contributed by atoms with Crippen LogP contribution in [0.5, 0.6) is 0 Å². The van der Waals surface area contributed by atoms with E-state index in [1.807, 2.05) is 0 Å². The molecule has 5 aromatic carbocycles. The first kappa shape index (κ1) is 18.4. The van der Waals surface area contributed by atoms with Gasteiger partial charge < -0.3 is 0 Å². The summed E-state index contributed by atoms with van der Waals surface area (Å²) in [6.07, 6.45) is 0. The minimum atomic E-state index is -0.00168. The van der Waals surface area contributed by atoms with Gasteiger partial charge >= 0.3 is 0 Å². The topological polar surface area (TPSA) is 0 Å². The van der Waals surface area contributed by atoms with Crippen LogP contribution >= 0.6 is 15.9 Å². The fourth-order valence-corrected chi connectivity index (χ4v) is 5.87. The second-order valence-electron chi connectivity index (χ2n) is 10.4. The van der Waals surface area contributed by atoms with E-state index >= 15 is 0 Å². The standard InChI is InChI=1S/C29H25Br/c1-28(2,3)19-12-16-6-7-18-14-24-27(22-10-8-17(13-19)25(16)26(18)22)21-11-9-20(30)15-23(21)29(24,4)5/h6-15H,1-5H3. The molecule has 0 fully saturated rings. The molecule has 0 bridgehead atoms. The largest absolute Gasteiger partial charge is 0.0561 e. The molecule has 0 heterocycles. The van der Waals surface area contributed by atoms with Crippen molar-refractivity contribution in [1.29, 1.82) is 0 Å². The molecular formula is C29H25Br. The van der Waals surface area contributed by atoms with Crippen molar-refractivity contribution in [3.05, 3.63) is 81.8 Å². The molecule has 0 unspecified atom stereocenters. The maximum atomic E-state index is 3.69. The van der Waals surface area contributed by atoms with Gasteiger partial charge in [-0.05, 0) is 83.7 Å². The lowest BCUT2D eigenvalue weighted by Gasteiger charge is -2.24. The predicted octanol–water partition coefficient (Wildman–Crippen LogP) is 8.95. The Balaban J connectivity index is 1.80. The van der Waals surface area contributed by atoms with Gasteiger partial charge in [-0.1, -0.05) is 93.0 Å². The first-order valence-corrected chi connectivity index (χ1v) is 11.5. The van der Waals surface area contributed by atoms with Crippen molar-refractivity contribution in [2.45, 2.75) is 45.4 Å². The summed E-state index contributed by atoms with van der Waals surface area (Å²) in [5, 5.41) is 8.26. The van der Waals surface area contributed by atoms with E-state index in [1.165, 1.54) is 60.1 Å². The Morgan fingerprint density at radius 3 is 2.00 bits per heavy atom. The van der Waals surface area contributed by atoms with Crippen molar-refractivity contribution < 1.29 is 0 Å². The van der Waals surface area contributed by atoms with Crippen molar-refractivity contribution in [3.63, 3.8) is 0 Å². The van der Waals surface area contributed by atoms with Crippen LogP contribution in [-0.2, 0) is 10.8 Å². The molecule has 148 valence electrons. The van der Waals surface area contributed by atoms with Gasteiger partial charge in [-0.3, -0.25) is 0 Å². The summed E-state index contributed by atoms with van der Waals surface area (Å²) in [6.45, 7) is 11.6. The van der Waals surface area contributed by atoms with Gasteiger partial charge in [0, 0.05) is 9.89 Å². The molecule has 1 heteroatoms. The third-order valence-corrected chi connectivity index (χ3v) is 7.67. The fraction of sp³-hybridized carbons (Fsp3) is 0.241. The molecule has 0 amide bonds. The van der Waals surface area contributed by atoms with E-state index in [2.05, 4.69) is 111 Å². The third kappa shape index (κ3) is 2.28.